The average molecular weight is 330 g/mol. The van der Waals surface area contributed by atoms with Crippen molar-refractivity contribution in [1.82, 2.24) is 0 Å². The predicted molar refractivity (Wildman–Crippen MR) is 74.6 cm³/mol. The van der Waals surface area contributed by atoms with Crippen LogP contribution in [0, 0.1) is 12.7 Å². The molecule has 0 N–H and O–H groups in total. The lowest BCUT2D eigenvalue weighted by atomic mass is 10.2. The number of hydrogen-bond donors (Lipinski definition) is 0. The fourth-order valence-electron chi connectivity index (χ4n) is 1.58. The highest BCUT2D eigenvalue weighted by atomic mass is 79.9. The second-order valence-corrected chi connectivity index (χ2v) is 5.32. The highest BCUT2D eigenvalue weighted by Gasteiger charge is 2.04. The van der Waals surface area contributed by atoms with Crippen molar-refractivity contribution in [2.75, 3.05) is 0 Å². The van der Waals surface area contributed by atoms with Gasteiger partial charge in [-0.05, 0) is 48.4 Å². The third-order valence-corrected chi connectivity index (χ3v) is 3.17. The molecule has 0 unspecified atom stereocenters. The van der Waals surface area contributed by atoms with Gasteiger partial charge in [0, 0.05) is 4.47 Å². The zero-order valence-electron chi connectivity index (χ0n) is 9.71. The summed E-state index contributed by atoms with van der Waals surface area (Å²) < 4.78 is 19.5. The highest BCUT2D eigenvalue weighted by Crippen LogP contribution is 2.26. The van der Waals surface area contributed by atoms with Crippen LogP contribution in [-0.4, -0.2) is 0 Å². The summed E-state index contributed by atoms with van der Waals surface area (Å²) in [6, 6.07) is 10.2. The van der Waals surface area contributed by atoms with E-state index in [9.17, 15) is 4.39 Å². The van der Waals surface area contributed by atoms with Crippen molar-refractivity contribution in [2.45, 2.75) is 13.5 Å². The Morgan fingerprint density at radius 3 is 2.72 bits per heavy atom. The smallest absolute Gasteiger partial charge is 0.138 e. The molecule has 0 aliphatic carbocycles. The number of benzene rings is 2. The van der Waals surface area contributed by atoms with Crippen LogP contribution in [-0.2, 0) is 6.61 Å². The minimum absolute atomic E-state index is 0.277. The largest absolute Gasteiger partial charge is 0.487 e. The van der Waals surface area contributed by atoms with Gasteiger partial charge in [0.25, 0.3) is 0 Å². The zero-order chi connectivity index (χ0) is 13.1. The van der Waals surface area contributed by atoms with Gasteiger partial charge in [0.1, 0.15) is 18.2 Å². The van der Waals surface area contributed by atoms with Gasteiger partial charge in [0.15, 0.2) is 0 Å². The number of rotatable bonds is 3. The van der Waals surface area contributed by atoms with Gasteiger partial charge < -0.3 is 4.74 Å². The monoisotopic (exact) mass is 328 g/mol. The van der Waals surface area contributed by atoms with Gasteiger partial charge in [-0.3, -0.25) is 0 Å². The molecule has 1 nitrogen and oxygen atoms in total. The molecule has 0 aromatic heterocycles. The Morgan fingerprint density at radius 1 is 1.22 bits per heavy atom. The molecule has 0 aliphatic rings. The van der Waals surface area contributed by atoms with E-state index in [1.54, 1.807) is 6.07 Å². The van der Waals surface area contributed by atoms with Crippen molar-refractivity contribution in [3.8, 4) is 5.75 Å². The van der Waals surface area contributed by atoms with Crippen molar-refractivity contribution in [3.05, 3.63) is 62.8 Å². The summed E-state index contributed by atoms with van der Waals surface area (Å²) in [7, 11) is 0. The Hall–Kier alpha value is -1.06. The molecular weight excluding hydrogens is 319 g/mol. The quantitative estimate of drug-likeness (QED) is 0.758. The maximum Gasteiger partial charge on any atom is 0.138 e. The van der Waals surface area contributed by atoms with E-state index in [2.05, 4.69) is 15.9 Å². The normalized spacial score (nSPS) is 10.4. The first-order valence-electron chi connectivity index (χ1n) is 5.38. The van der Waals surface area contributed by atoms with Gasteiger partial charge in [0.2, 0.25) is 0 Å². The van der Waals surface area contributed by atoms with Crippen LogP contribution in [0.3, 0.4) is 0 Å². The second-order valence-electron chi connectivity index (χ2n) is 4.00. The molecule has 4 heteroatoms. The molecule has 0 saturated heterocycles. The number of aryl methyl sites for hydroxylation is 1. The van der Waals surface area contributed by atoms with Crippen LogP contribution in [0.5, 0.6) is 5.75 Å². The Bertz CT molecular complexity index is 551. The molecule has 0 bridgehead atoms. The topological polar surface area (TPSA) is 9.23 Å². The fraction of sp³-hybridized carbons (Fsp3) is 0.143. The minimum Gasteiger partial charge on any atom is -0.487 e. The lowest BCUT2D eigenvalue weighted by Crippen LogP contribution is -1.97. The molecule has 0 amide bonds. The highest BCUT2D eigenvalue weighted by molar-refractivity contribution is 9.10. The Kier molecular flexibility index (Phi) is 4.25. The molecule has 0 atom stereocenters. The third-order valence-electron chi connectivity index (χ3n) is 2.40. The molecule has 2 aromatic rings. The van der Waals surface area contributed by atoms with Crippen molar-refractivity contribution in [1.29, 1.82) is 0 Å². The van der Waals surface area contributed by atoms with E-state index in [1.807, 2.05) is 25.1 Å². The molecule has 0 aliphatic heterocycles. The lowest BCUT2D eigenvalue weighted by Gasteiger charge is -2.09. The Morgan fingerprint density at radius 2 is 2.00 bits per heavy atom. The van der Waals surface area contributed by atoms with E-state index in [-0.39, 0.29) is 12.4 Å². The van der Waals surface area contributed by atoms with E-state index < -0.39 is 0 Å². The van der Waals surface area contributed by atoms with E-state index in [4.69, 9.17) is 16.3 Å². The average Bonchev–Trinajstić information content (AvgIpc) is 2.29. The number of halogens is 3. The van der Waals surface area contributed by atoms with Gasteiger partial charge in [0.05, 0.1) is 5.02 Å². The summed E-state index contributed by atoms with van der Waals surface area (Å²) in [5.41, 5.74) is 1.81. The summed E-state index contributed by atoms with van der Waals surface area (Å²) in [4.78, 5) is 0. The van der Waals surface area contributed by atoms with Crippen molar-refractivity contribution in [2.24, 2.45) is 0 Å². The standard InChI is InChI=1S/C14H11BrClFO/c1-9-2-3-13(16)14(4-9)18-8-10-5-11(15)7-12(17)6-10/h2-7H,8H2,1H3. The summed E-state index contributed by atoms with van der Waals surface area (Å²) in [6.45, 7) is 2.24. The van der Waals surface area contributed by atoms with E-state index in [0.29, 0.717) is 15.2 Å². The van der Waals surface area contributed by atoms with Crippen LogP contribution in [0.25, 0.3) is 0 Å². The van der Waals surface area contributed by atoms with Crippen LogP contribution in [0.2, 0.25) is 5.02 Å². The van der Waals surface area contributed by atoms with E-state index in [1.165, 1.54) is 12.1 Å². The third kappa shape index (κ3) is 3.47. The Labute approximate surface area is 119 Å². The van der Waals surface area contributed by atoms with Crippen molar-refractivity contribution < 1.29 is 9.13 Å². The SMILES string of the molecule is Cc1ccc(Cl)c(OCc2cc(F)cc(Br)c2)c1. The van der Waals surface area contributed by atoms with Crippen LogP contribution in [0.15, 0.2) is 40.9 Å². The van der Waals surface area contributed by atoms with Crippen molar-refractivity contribution in [3.63, 3.8) is 0 Å². The fourth-order valence-corrected chi connectivity index (χ4v) is 2.26. The second kappa shape index (κ2) is 5.72. The predicted octanol–water partition coefficient (Wildman–Crippen LogP) is 5.13. The molecule has 2 rings (SSSR count). The number of hydrogen-bond acceptors (Lipinski definition) is 1. The molecule has 18 heavy (non-hydrogen) atoms. The molecule has 2 aromatic carbocycles. The zero-order valence-corrected chi connectivity index (χ0v) is 12.1. The summed E-state index contributed by atoms with van der Waals surface area (Å²) in [5, 5.41) is 0.552. The molecule has 0 heterocycles. The van der Waals surface area contributed by atoms with Crippen LogP contribution in [0.1, 0.15) is 11.1 Å². The maximum atomic E-state index is 13.2. The molecular formula is C14H11BrClFO. The lowest BCUT2D eigenvalue weighted by molar-refractivity contribution is 0.305. The van der Waals surface area contributed by atoms with Gasteiger partial charge in [-0.1, -0.05) is 33.6 Å². The first-order chi connectivity index (χ1) is 8.54. The number of ether oxygens (including phenoxy) is 1. The van der Waals surface area contributed by atoms with Gasteiger partial charge in [-0.25, -0.2) is 4.39 Å². The molecule has 0 radical (unpaired) electrons. The summed E-state index contributed by atoms with van der Waals surface area (Å²) >= 11 is 9.26. The molecule has 0 saturated carbocycles. The maximum absolute atomic E-state index is 13.2. The van der Waals surface area contributed by atoms with Crippen LogP contribution >= 0.6 is 27.5 Å². The van der Waals surface area contributed by atoms with E-state index in [0.717, 1.165) is 11.1 Å². The summed E-state index contributed by atoms with van der Waals surface area (Å²) in [6.07, 6.45) is 0. The molecule has 94 valence electrons. The minimum atomic E-state index is -0.293. The van der Waals surface area contributed by atoms with Gasteiger partial charge in [-0.15, -0.1) is 0 Å². The molecule has 0 fully saturated rings. The molecule has 0 spiro atoms. The first kappa shape index (κ1) is 13.4. The van der Waals surface area contributed by atoms with Crippen molar-refractivity contribution >= 4 is 27.5 Å². The van der Waals surface area contributed by atoms with Gasteiger partial charge >= 0.3 is 0 Å². The van der Waals surface area contributed by atoms with E-state index >= 15 is 0 Å². The summed E-state index contributed by atoms with van der Waals surface area (Å²) in [5.74, 6) is 0.315. The van der Waals surface area contributed by atoms with Gasteiger partial charge in [-0.2, -0.15) is 0 Å². The Balaban J connectivity index is 2.13. The van der Waals surface area contributed by atoms with Crippen LogP contribution in [0.4, 0.5) is 4.39 Å². The first-order valence-corrected chi connectivity index (χ1v) is 6.55. The van der Waals surface area contributed by atoms with Crippen LogP contribution < -0.4 is 4.74 Å².